The molecule has 2 aromatic rings. The summed E-state index contributed by atoms with van der Waals surface area (Å²) in [5.74, 6) is 0.0778. The molecule has 0 saturated heterocycles. The largest absolute Gasteiger partial charge is 0.444 e. The maximum absolute atomic E-state index is 11.8. The van der Waals surface area contributed by atoms with Crippen LogP contribution in [-0.2, 0) is 16.1 Å². The van der Waals surface area contributed by atoms with Gasteiger partial charge in [0.1, 0.15) is 22.3 Å². The quantitative estimate of drug-likeness (QED) is 0.428. The van der Waals surface area contributed by atoms with Gasteiger partial charge in [-0.1, -0.05) is 11.6 Å². The summed E-state index contributed by atoms with van der Waals surface area (Å²) in [5.41, 5.74) is 6.74. The molecule has 0 saturated carbocycles. The number of amides is 2. The lowest BCUT2D eigenvalue weighted by molar-refractivity contribution is -0.117. The van der Waals surface area contributed by atoms with E-state index in [4.69, 9.17) is 22.1 Å². The Morgan fingerprint density at radius 3 is 2.33 bits per heavy atom. The number of nitrogens with two attached hydrogens (primary N) is 1. The Kier molecular flexibility index (Phi) is 7.54. The fraction of sp³-hybridized carbons (Fsp3) is 0.316. The summed E-state index contributed by atoms with van der Waals surface area (Å²) >= 11 is 5.83. The number of hydrogen-bond acceptors (Lipinski definition) is 7. The Morgan fingerprint density at radius 2 is 1.77 bits per heavy atom. The highest BCUT2D eigenvalue weighted by Gasteiger charge is 2.16. The molecule has 10 nitrogen and oxygen atoms in total. The van der Waals surface area contributed by atoms with Crippen molar-refractivity contribution in [2.45, 2.75) is 39.8 Å². The summed E-state index contributed by atoms with van der Waals surface area (Å²) in [6, 6.07) is 6.77. The van der Waals surface area contributed by atoms with Gasteiger partial charge < -0.3 is 15.8 Å². The number of nitrogen functional groups attached to an aromatic ring is 1. The zero-order chi connectivity index (χ0) is 22.3. The molecule has 0 fully saturated rings. The molecule has 0 spiro atoms. The van der Waals surface area contributed by atoms with Crippen LogP contribution in [0.25, 0.3) is 0 Å². The normalized spacial score (nSPS) is 11.6. The van der Waals surface area contributed by atoms with Crippen LogP contribution in [0.5, 0.6) is 0 Å². The third-order valence-corrected chi connectivity index (χ3v) is 3.50. The molecule has 1 aromatic heterocycles. The van der Waals surface area contributed by atoms with Crippen LogP contribution in [0.2, 0.25) is 5.15 Å². The Morgan fingerprint density at radius 1 is 1.17 bits per heavy atom. The van der Waals surface area contributed by atoms with Crippen LogP contribution in [0.15, 0.2) is 35.5 Å². The minimum Gasteiger partial charge on any atom is -0.444 e. The van der Waals surface area contributed by atoms with Gasteiger partial charge in [0, 0.05) is 18.3 Å². The second-order valence-corrected chi connectivity index (χ2v) is 7.59. The average Bonchev–Trinajstić information content (AvgIpc) is 2.62. The zero-order valence-corrected chi connectivity index (χ0v) is 17.9. The van der Waals surface area contributed by atoms with E-state index < -0.39 is 11.7 Å². The number of benzene rings is 1. The Labute approximate surface area is 179 Å². The molecular formula is C19H24ClN7O3. The molecule has 1 aromatic carbocycles. The summed E-state index contributed by atoms with van der Waals surface area (Å²) in [5, 5.41) is 8.41. The Hall–Kier alpha value is -3.40. The molecule has 0 radical (unpaired) electrons. The van der Waals surface area contributed by atoms with Gasteiger partial charge in [0.2, 0.25) is 11.9 Å². The molecule has 30 heavy (non-hydrogen) atoms. The molecular weight excluding hydrogens is 410 g/mol. The predicted octanol–water partition coefficient (Wildman–Crippen LogP) is 3.16. The highest BCUT2D eigenvalue weighted by molar-refractivity contribution is 6.29. The number of guanidine groups is 1. The molecule has 5 N–H and O–H groups in total. The van der Waals surface area contributed by atoms with E-state index >= 15 is 0 Å². The summed E-state index contributed by atoms with van der Waals surface area (Å²) in [4.78, 5) is 35.6. The third-order valence-electron chi connectivity index (χ3n) is 3.32. The number of nitrogens with one attached hydrogen (secondary N) is 3. The van der Waals surface area contributed by atoms with Crippen molar-refractivity contribution in [3.8, 4) is 0 Å². The van der Waals surface area contributed by atoms with Crippen molar-refractivity contribution >= 4 is 46.8 Å². The van der Waals surface area contributed by atoms with Crippen molar-refractivity contribution in [1.82, 2.24) is 15.3 Å². The van der Waals surface area contributed by atoms with Gasteiger partial charge in [-0.05, 0) is 45.0 Å². The highest BCUT2D eigenvalue weighted by atomic mass is 35.5. The van der Waals surface area contributed by atoms with Crippen molar-refractivity contribution in [3.05, 3.63) is 41.3 Å². The molecule has 2 amide bonds. The topological polar surface area (TPSA) is 144 Å². The SMILES string of the molecule is CC(=O)NC(=NCc1nc(Cl)cnc1N)Nc1ccc(NC(=O)OC(C)(C)C)cc1. The minimum atomic E-state index is -0.591. The molecule has 1 heterocycles. The second kappa shape index (κ2) is 9.88. The monoisotopic (exact) mass is 433 g/mol. The lowest BCUT2D eigenvalue weighted by atomic mass is 10.2. The molecule has 0 atom stereocenters. The average molecular weight is 434 g/mol. The van der Waals surface area contributed by atoms with E-state index in [0.717, 1.165) is 0 Å². The Bertz CT molecular complexity index is 940. The molecule has 0 aliphatic heterocycles. The summed E-state index contributed by atoms with van der Waals surface area (Å²) in [7, 11) is 0. The summed E-state index contributed by atoms with van der Waals surface area (Å²) in [6.07, 6.45) is 0.785. The number of halogens is 1. The molecule has 0 aliphatic rings. The van der Waals surface area contributed by atoms with Crippen molar-refractivity contribution in [2.24, 2.45) is 4.99 Å². The number of aliphatic imine (C=N–C) groups is 1. The third kappa shape index (κ3) is 7.92. The number of carbonyl (C=O) groups is 2. The first kappa shape index (κ1) is 22.9. The van der Waals surface area contributed by atoms with Crippen molar-refractivity contribution in [1.29, 1.82) is 0 Å². The smallest absolute Gasteiger partial charge is 0.412 e. The fourth-order valence-electron chi connectivity index (χ4n) is 2.15. The molecule has 160 valence electrons. The number of carbonyl (C=O) groups excluding carboxylic acids is 2. The van der Waals surface area contributed by atoms with Gasteiger partial charge in [-0.15, -0.1) is 0 Å². The van der Waals surface area contributed by atoms with Gasteiger partial charge in [-0.25, -0.2) is 19.8 Å². The van der Waals surface area contributed by atoms with E-state index in [1.807, 2.05) is 0 Å². The van der Waals surface area contributed by atoms with Crippen LogP contribution in [-0.4, -0.2) is 33.5 Å². The summed E-state index contributed by atoms with van der Waals surface area (Å²) in [6.45, 7) is 6.76. The van der Waals surface area contributed by atoms with Crippen molar-refractivity contribution < 1.29 is 14.3 Å². The second-order valence-electron chi connectivity index (χ2n) is 7.20. The van der Waals surface area contributed by atoms with E-state index in [1.54, 1.807) is 45.0 Å². The number of rotatable bonds is 4. The highest BCUT2D eigenvalue weighted by Crippen LogP contribution is 2.16. The van der Waals surface area contributed by atoms with E-state index in [2.05, 4.69) is 30.9 Å². The minimum absolute atomic E-state index is 0.0558. The summed E-state index contributed by atoms with van der Waals surface area (Å²) < 4.78 is 5.21. The molecule has 0 bridgehead atoms. The first-order chi connectivity index (χ1) is 14.0. The van der Waals surface area contributed by atoms with Gasteiger partial charge in [0.15, 0.2) is 0 Å². The first-order valence-corrected chi connectivity index (χ1v) is 9.35. The van der Waals surface area contributed by atoms with Crippen molar-refractivity contribution in [3.63, 3.8) is 0 Å². The predicted molar refractivity (Wildman–Crippen MR) is 116 cm³/mol. The lowest BCUT2D eigenvalue weighted by Crippen LogP contribution is -2.34. The van der Waals surface area contributed by atoms with Crippen LogP contribution in [0.3, 0.4) is 0 Å². The Balaban J connectivity index is 2.08. The van der Waals surface area contributed by atoms with Gasteiger partial charge in [0.25, 0.3) is 0 Å². The van der Waals surface area contributed by atoms with Crippen molar-refractivity contribution in [2.75, 3.05) is 16.4 Å². The fourth-order valence-corrected chi connectivity index (χ4v) is 2.31. The van der Waals surface area contributed by atoms with Gasteiger partial charge >= 0.3 is 6.09 Å². The van der Waals surface area contributed by atoms with Crippen LogP contribution < -0.4 is 21.7 Å². The number of ether oxygens (including phenoxy) is 1. The maximum atomic E-state index is 11.8. The number of anilines is 3. The first-order valence-electron chi connectivity index (χ1n) is 8.98. The molecule has 11 heteroatoms. The maximum Gasteiger partial charge on any atom is 0.412 e. The van der Waals surface area contributed by atoms with E-state index in [0.29, 0.717) is 17.1 Å². The molecule has 0 unspecified atom stereocenters. The van der Waals surface area contributed by atoms with Gasteiger partial charge in [-0.2, -0.15) is 0 Å². The van der Waals surface area contributed by atoms with E-state index in [1.165, 1.54) is 13.1 Å². The van der Waals surface area contributed by atoms with Crippen LogP contribution >= 0.6 is 11.6 Å². The van der Waals surface area contributed by atoms with E-state index in [-0.39, 0.29) is 29.4 Å². The van der Waals surface area contributed by atoms with Crippen LogP contribution in [0, 0.1) is 0 Å². The van der Waals surface area contributed by atoms with Crippen LogP contribution in [0.1, 0.15) is 33.4 Å². The molecule has 0 aliphatic carbocycles. The zero-order valence-electron chi connectivity index (χ0n) is 17.1. The van der Waals surface area contributed by atoms with Crippen LogP contribution in [0.4, 0.5) is 22.0 Å². The number of aromatic nitrogens is 2. The number of hydrogen-bond donors (Lipinski definition) is 4. The standard InChI is InChI=1S/C19H24ClN7O3/c1-11(28)24-17(23-9-14-16(21)22-10-15(20)27-14)25-12-5-7-13(8-6-12)26-18(29)30-19(2,3)4/h5-8,10H,9H2,1-4H3,(H2,21,22)(H,26,29)(H2,23,24,25,28). The van der Waals surface area contributed by atoms with E-state index in [9.17, 15) is 9.59 Å². The lowest BCUT2D eigenvalue weighted by Gasteiger charge is -2.19. The molecule has 2 rings (SSSR count). The van der Waals surface area contributed by atoms with Gasteiger partial charge in [-0.3, -0.25) is 15.4 Å². The number of nitrogens with zero attached hydrogens (tertiary/aromatic N) is 3. The van der Waals surface area contributed by atoms with Gasteiger partial charge in [0.05, 0.1) is 12.7 Å².